The van der Waals surface area contributed by atoms with E-state index in [0.717, 1.165) is 22.7 Å². The minimum atomic E-state index is -0.392. The van der Waals surface area contributed by atoms with Crippen LogP contribution in [0, 0.1) is 6.92 Å². The zero-order valence-electron chi connectivity index (χ0n) is 13.4. The Morgan fingerprint density at radius 3 is 2.65 bits per heavy atom. The average molecular weight is 330 g/mol. The minimum absolute atomic E-state index is 0.264. The maximum Gasteiger partial charge on any atom is 0.329 e. The molecule has 0 amide bonds. The number of benzene rings is 2. The van der Waals surface area contributed by atoms with E-state index in [1.165, 1.54) is 12.7 Å². The van der Waals surface area contributed by atoms with Gasteiger partial charge >= 0.3 is 5.97 Å². The molecular weight excluding hydrogens is 308 g/mol. The summed E-state index contributed by atoms with van der Waals surface area (Å²) in [6.07, 6.45) is 0. The zero-order chi connectivity index (χ0) is 16.7. The standard InChI is InChI=1S/C18H22N2O2S/c1-13-10-15(8-9-16(13)19)20-17(18(21)22-2)12-23-11-14-6-4-3-5-7-14/h3-10,17,20H,11-12,19H2,1-2H3. The summed E-state index contributed by atoms with van der Waals surface area (Å²) in [5.41, 5.74) is 9.66. The first-order valence-corrected chi connectivity index (χ1v) is 8.58. The quantitative estimate of drug-likeness (QED) is 0.601. The number of nitrogen functional groups attached to an aromatic ring is 1. The number of esters is 1. The number of hydrogen-bond donors (Lipinski definition) is 2. The third-order valence-corrected chi connectivity index (χ3v) is 4.60. The van der Waals surface area contributed by atoms with Crippen molar-refractivity contribution in [2.24, 2.45) is 0 Å². The molecule has 23 heavy (non-hydrogen) atoms. The van der Waals surface area contributed by atoms with E-state index in [4.69, 9.17) is 10.5 Å². The molecule has 5 heteroatoms. The third kappa shape index (κ3) is 5.21. The van der Waals surface area contributed by atoms with Crippen LogP contribution in [0.1, 0.15) is 11.1 Å². The lowest BCUT2D eigenvalue weighted by Gasteiger charge is -2.18. The van der Waals surface area contributed by atoms with Crippen molar-refractivity contribution >= 4 is 29.1 Å². The number of rotatable bonds is 7. The van der Waals surface area contributed by atoms with Crippen LogP contribution in [-0.4, -0.2) is 24.9 Å². The number of nitrogens with two attached hydrogens (primary N) is 1. The summed E-state index contributed by atoms with van der Waals surface area (Å²) in [4.78, 5) is 12.0. The molecule has 2 aromatic carbocycles. The van der Waals surface area contributed by atoms with E-state index in [1.54, 1.807) is 11.8 Å². The van der Waals surface area contributed by atoms with Gasteiger partial charge in [-0.05, 0) is 36.2 Å². The van der Waals surface area contributed by atoms with Crippen LogP contribution in [-0.2, 0) is 15.3 Å². The van der Waals surface area contributed by atoms with Gasteiger partial charge in [0.1, 0.15) is 6.04 Å². The Bertz CT molecular complexity index is 647. The summed E-state index contributed by atoms with van der Waals surface area (Å²) in [5.74, 6) is 1.22. The number of carbonyl (C=O) groups is 1. The van der Waals surface area contributed by atoms with Crippen LogP contribution in [0.2, 0.25) is 0 Å². The zero-order valence-corrected chi connectivity index (χ0v) is 14.2. The van der Waals surface area contributed by atoms with Gasteiger partial charge in [-0.2, -0.15) is 11.8 Å². The van der Waals surface area contributed by atoms with E-state index in [1.807, 2.05) is 43.3 Å². The third-order valence-electron chi connectivity index (χ3n) is 3.49. The molecule has 0 heterocycles. The van der Waals surface area contributed by atoms with Gasteiger partial charge in [-0.15, -0.1) is 0 Å². The van der Waals surface area contributed by atoms with Gasteiger partial charge in [0, 0.05) is 22.9 Å². The molecule has 1 atom stereocenters. The van der Waals surface area contributed by atoms with Crippen molar-refractivity contribution in [1.82, 2.24) is 0 Å². The Kier molecular flexibility index (Phi) is 6.35. The van der Waals surface area contributed by atoms with Crippen molar-refractivity contribution in [3.05, 3.63) is 59.7 Å². The minimum Gasteiger partial charge on any atom is -0.467 e. The van der Waals surface area contributed by atoms with E-state index >= 15 is 0 Å². The van der Waals surface area contributed by atoms with E-state index in [9.17, 15) is 4.79 Å². The van der Waals surface area contributed by atoms with Gasteiger partial charge in [-0.1, -0.05) is 30.3 Å². The molecule has 0 fully saturated rings. The van der Waals surface area contributed by atoms with Gasteiger partial charge in [0.15, 0.2) is 0 Å². The predicted molar refractivity (Wildman–Crippen MR) is 97.6 cm³/mol. The van der Waals surface area contributed by atoms with Gasteiger partial charge < -0.3 is 15.8 Å². The fourth-order valence-electron chi connectivity index (χ4n) is 2.15. The van der Waals surface area contributed by atoms with Crippen LogP contribution in [0.25, 0.3) is 0 Å². The Labute approximate surface area is 141 Å². The fourth-order valence-corrected chi connectivity index (χ4v) is 3.15. The van der Waals surface area contributed by atoms with Crippen molar-refractivity contribution < 1.29 is 9.53 Å². The number of nitrogens with one attached hydrogen (secondary N) is 1. The normalized spacial score (nSPS) is 11.7. The molecule has 1 unspecified atom stereocenters. The molecule has 0 aliphatic carbocycles. The number of carbonyl (C=O) groups excluding carboxylic acids is 1. The van der Waals surface area contributed by atoms with Crippen molar-refractivity contribution in [2.75, 3.05) is 23.9 Å². The number of methoxy groups -OCH3 is 1. The van der Waals surface area contributed by atoms with Gasteiger partial charge in [-0.25, -0.2) is 4.79 Å². The first-order chi connectivity index (χ1) is 11.1. The van der Waals surface area contributed by atoms with Gasteiger partial charge in [-0.3, -0.25) is 0 Å². The second-order valence-electron chi connectivity index (χ2n) is 5.29. The number of hydrogen-bond acceptors (Lipinski definition) is 5. The predicted octanol–water partition coefficient (Wildman–Crippen LogP) is 3.46. The SMILES string of the molecule is COC(=O)C(CSCc1ccccc1)Nc1ccc(N)c(C)c1. The monoisotopic (exact) mass is 330 g/mol. The summed E-state index contributed by atoms with van der Waals surface area (Å²) < 4.78 is 4.90. The summed E-state index contributed by atoms with van der Waals surface area (Å²) in [6.45, 7) is 1.94. The summed E-state index contributed by atoms with van der Waals surface area (Å²) >= 11 is 1.70. The van der Waals surface area contributed by atoms with Crippen molar-refractivity contribution in [3.8, 4) is 0 Å². The second kappa shape index (κ2) is 8.48. The summed E-state index contributed by atoms with van der Waals surface area (Å²) in [7, 11) is 1.41. The molecule has 0 radical (unpaired) electrons. The van der Waals surface area contributed by atoms with Crippen LogP contribution in [0.3, 0.4) is 0 Å². The molecule has 3 N–H and O–H groups in total. The first-order valence-electron chi connectivity index (χ1n) is 7.42. The molecule has 0 saturated carbocycles. The molecule has 2 rings (SSSR count). The number of thioether (sulfide) groups is 1. The van der Waals surface area contributed by atoms with Crippen LogP contribution < -0.4 is 11.1 Å². The van der Waals surface area contributed by atoms with Crippen LogP contribution in [0.15, 0.2) is 48.5 Å². The van der Waals surface area contributed by atoms with E-state index in [-0.39, 0.29) is 5.97 Å². The maximum absolute atomic E-state index is 12.0. The molecule has 0 aromatic heterocycles. The summed E-state index contributed by atoms with van der Waals surface area (Å²) in [5, 5.41) is 3.23. The smallest absolute Gasteiger partial charge is 0.329 e. The van der Waals surface area contributed by atoms with E-state index < -0.39 is 6.04 Å². The van der Waals surface area contributed by atoms with E-state index in [0.29, 0.717) is 5.75 Å². The molecule has 0 spiro atoms. The molecule has 0 bridgehead atoms. The number of ether oxygens (including phenoxy) is 1. The largest absolute Gasteiger partial charge is 0.467 e. The van der Waals surface area contributed by atoms with Gasteiger partial charge in [0.25, 0.3) is 0 Å². The Morgan fingerprint density at radius 2 is 2.00 bits per heavy atom. The number of aryl methyl sites for hydroxylation is 1. The highest BCUT2D eigenvalue weighted by Gasteiger charge is 2.19. The molecule has 2 aromatic rings. The molecule has 0 aliphatic rings. The lowest BCUT2D eigenvalue weighted by atomic mass is 10.1. The van der Waals surface area contributed by atoms with Gasteiger partial charge in [0.2, 0.25) is 0 Å². The van der Waals surface area contributed by atoms with Crippen molar-refractivity contribution in [2.45, 2.75) is 18.7 Å². The Balaban J connectivity index is 1.96. The molecule has 0 saturated heterocycles. The lowest BCUT2D eigenvalue weighted by molar-refractivity contribution is -0.140. The van der Waals surface area contributed by atoms with Crippen molar-refractivity contribution in [3.63, 3.8) is 0 Å². The maximum atomic E-state index is 12.0. The molecule has 0 aliphatic heterocycles. The molecule has 4 nitrogen and oxygen atoms in total. The average Bonchev–Trinajstić information content (AvgIpc) is 2.57. The first kappa shape index (κ1) is 17.2. The van der Waals surface area contributed by atoms with Crippen LogP contribution in [0.5, 0.6) is 0 Å². The van der Waals surface area contributed by atoms with Crippen LogP contribution >= 0.6 is 11.8 Å². The number of anilines is 2. The van der Waals surface area contributed by atoms with Crippen LogP contribution in [0.4, 0.5) is 11.4 Å². The molecular formula is C18H22N2O2S. The van der Waals surface area contributed by atoms with Crippen molar-refractivity contribution in [1.29, 1.82) is 0 Å². The van der Waals surface area contributed by atoms with Gasteiger partial charge in [0.05, 0.1) is 7.11 Å². The highest BCUT2D eigenvalue weighted by Crippen LogP contribution is 2.20. The highest BCUT2D eigenvalue weighted by atomic mass is 32.2. The molecule has 122 valence electrons. The highest BCUT2D eigenvalue weighted by molar-refractivity contribution is 7.98. The Morgan fingerprint density at radius 1 is 1.26 bits per heavy atom. The lowest BCUT2D eigenvalue weighted by Crippen LogP contribution is -2.33. The summed E-state index contributed by atoms with van der Waals surface area (Å²) in [6, 6.07) is 15.4. The Hall–Kier alpha value is -2.14. The van der Waals surface area contributed by atoms with E-state index in [2.05, 4.69) is 17.4 Å². The topological polar surface area (TPSA) is 64.3 Å². The second-order valence-corrected chi connectivity index (χ2v) is 6.32. The fraction of sp³-hybridized carbons (Fsp3) is 0.278.